The first-order valence-electron chi connectivity index (χ1n) is 6.44. The Morgan fingerprint density at radius 3 is 2.71 bits per heavy atom. The summed E-state index contributed by atoms with van der Waals surface area (Å²) in [4.78, 5) is 20.7. The second kappa shape index (κ2) is 8.25. The molecule has 0 amide bonds. The molecule has 1 aromatic rings. The predicted octanol–water partition coefficient (Wildman–Crippen LogP) is 2.31. The molecule has 0 radical (unpaired) electrons. The fraction of sp³-hybridized carbons (Fsp3) is 0.462. The number of esters is 1. The van der Waals surface area contributed by atoms with Gasteiger partial charge in [0.05, 0.1) is 11.5 Å². The maximum absolute atomic E-state index is 13.5. The van der Waals surface area contributed by atoms with Crippen LogP contribution in [0.25, 0.3) is 0 Å². The molecule has 116 valence electrons. The molecule has 0 saturated heterocycles. The third-order valence-electron chi connectivity index (χ3n) is 2.67. The monoisotopic (exact) mass is 302 g/mol. The van der Waals surface area contributed by atoms with Crippen molar-refractivity contribution >= 4 is 11.7 Å². The summed E-state index contributed by atoms with van der Waals surface area (Å²) in [5.41, 5.74) is -0.765. The number of halogens is 2. The van der Waals surface area contributed by atoms with Crippen molar-refractivity contribution in [1.29, 1.82) is 0 Å². The van der Waals surface area contributed by atoms with Crippen molar-refractivity contribution in [1.82, 2.24) is 5.32 Å². The van der Waals surface area contributed by atoms with E-state index in [1.807, 2.05) is 0 Å². The second-order valence-electron chi connectivity index (χ2n) is 4.24. The highest BCUT2D eigenvalue weighted by Crippen LogP contribution is 2.21. The average molecular weight is 302 g/mol. The zero-order valence-corrected chi connectivity index (χ0v) is 11.5. The van der Waals surface area contributed by atoms with Gasteiger partial charge in [0, 0.05) is 30.7 Å². The number of nitro benzene ring substituents is 1. The summed E-state index contributed by atoms with van der Waals surface area (Å²) in [6.45, 7) is 2.44. The van der Waals surface area contributed by atoms with Gasteiger partial charge in [-0.3, -0.25) is 14.9 Å². The molecule has 0 spiro atoms. The average Bonchev–Trinajstić information content (AvgIpc) is 2.40. The molecular weight excluding hydrogens is 286 g/mol. The molecule has 0 aliphatic rings. The molecule has 0 saturated carbocycles. The summed E-state index contributed by atoms with van der Waals surface area (Å²) in [7, 11) is 0. The number of benzene rings is 1. The number of nitrogens with one attached hydrogen (secondary N) is 1. The van der Waals surface area contributed by atoms with Crippen molar-refractivity contribution in [3.8, 4) is 0 Å². The molecule has 0 aromatic heterocycles. The summed E-state index contributed by atoms with van der Waals surface area (Å²) < 4.78 is 31.3. The minimum absolute atomic E-state index is 0.000709. The zero-order valence-electron chi connectivity index (χ0n) is 11.5. The lowest BCUT2D eigenvalue weighted by atomic mass is 10.1. The number of hydrogen-bond donors (Lipinski definition) is 1. The molecule has 21 heavy (non-hydrogen) atoms. The normalized spacial score (nSPS) is 10.4. The van der Waals surface area contributed by atoms with E-state index in [1.165, 1.54) is 0 Å². The lowest BCUT2D eigenvalue weighted by Crippen LogP contribution is -2.17. The van der Waals surface area contributed by atoms with E-state index in [4.69, 9.17) is 4.74 Å². The molecule has 0 fully saturated rings. The van der Waals surface area contributed by atoms with Gasteiger partial charge in [0.25, 0.3) is 0 Å². The number of rotatable bonds is 8. The van der Waals surface area contributed by atoms with Crippen LogP contribution in [-0.2, 0) is 16.1 Å². The number of nitro groups is 1. The summed E-state index contributed by atoms with van der Waals surface area (Å²) in [5.74, 6) is -2.37. The van der Waals surface area contributed by atoms with Crippen LogP contribution >= 0.6 is 0 Å². The van der Waals surface area contributed by atoms with Crippen LogP contribution < -0.4 is 5.32 Å². The standard InChI is InChI=1S/C13H16F2N2O4/c1-2-21-13(18)4-3-5-16-8-9-6-12(17(19)20)11(15)7-10(9)14/h6-7,16H,2-5,8H2,1H3. The first-order valence-corrected chi connectivity index (χ1v) is 6.44. The van der Waals surface area contributed by atoms with Gasteiger partial charge in [0.2, 0.25) is 5.82 Å². The van der Waals surface area contributed by atoms with E-state index in [2.05, 4.69) is 5.32 Å². The first-order chi connectivity index (χ1) is 9.95. The Kier molecular flexibility index (Phi) is 6.67. The van der Waals surface area contributed by atoms with Crippen LogP contribution in [0.2, 0.25) is 0 Å². The number of ether oxygens (including phenoxy) is 1. The van der Waals surface area contributed by atoms with Crippen LogP contribution in [0.15, 0.2) is 12.1 Å². The summed E-state index contributed by atoms with van der Waals surface area (Å²) in [5, 5.41) is 13.4. The summed E-state index contributed by atoms with van der Waals surface area (Å²) >= 11 is 0. The van der Waals surface area contributed by atoms with E-state index < -0.39 is 22.2 Å². The minimum atomic E-state index is -1.21. The quantitative estimate of drug-likeness (QED) is 0.345. The maximum atomic E-state index is 13.5. The Labute approximate surface area is 120 Å². The van der Waals surface area contributed by atoms with Crippen LogP contribution in [0, 0.1) is 21.7 Å². The Balaban J connectivity index is 2.47. The van der Waals surface area contributed by atoms with Crippen LogP contribution in [0.5, 0.6) is 0 Å². The fourth-order valence-electron chi connectivity index (χ4n) is 1.67. The van der Waals surface area contributed by atoms with Gasteiger partial charge in [0.1, 0.15) is 5.82 Å². The number of nitrogens with zero attached hydrogens (tertiary/aromatic N) is 1. The Bertz CT molecular complexity index is 523. The topological polar surface area (TPSA) is 81.5 Å². The van der Waals surface area contributed by atoms with Gasteiger partial charge in [-0.25, -0.2) is 4.39 Å². The smallest absolute Gasteiger partial charge is 0.305 e. The van der Waals surface area contributed by atoms with Gasteiger partial charge < -0.3 is 10.1 Å². The second-order valence-corrected chi connectivity index (χ2v) is 4.24. The largest absolute Gasteiger partial charge is 0.466 e. The number of carbonyl (C=O) groups excluding carboxylic acids is 1. The molecule has 1 N–H and O–H groups in total. The Hall–Kier alpha value is -2.09. The van der Waals surface area contributed by atoms with Crippen LogP contribution in [-0.4, -0.2) is 24.0 Å². The lowest BCUT2D eigenvalue weighted by Gasteiger charge is -2.06. The highest BCUT2D eigenvalue weighted by atomic mass is 19.1. The van der Waals surface area contributed by atoms with Gasteiger partial charge in [0.15, 0.2) is 0 Å². The van der Waals surface area contributed by atoms with E-state index in [1.54, 1.807) is 6.92 Å². The predicted molar refractivity (Wildman–Crippen MR) is 70.6 cm³/mol. The number of hydrogen-bond acceptors (Lipinski definition) is 5. The van der Waals surface area contributed by atoms with Gasteiger partial charge in [-0.2, -0.15) is 4.39 Å². The fourth-order valence-corrected chi connectivity index (χ4v) is 1.67. The van der Waals surface area contributed by atoms with Gasteiger partial charge >= 0.3 is 11.7 Å². The Morgan fingerprint density at radius 1 is 1.38 bits per heavy atom. The van der Waals surface area contributed by atoms with E-state index in [9.17, 15) is 23.7 Å². The highest BCUT2D eigenvalue weighted by Gasteiger charge is 2.18. The summed E-state index contributed by atoms with van der Waals surface area (Å²) in [6, 6.07) is 1.36. The Morgan fingerprint density at radius 2 is 2.10 bits per heavy atom. The van der Waals surface area contributed by atoms with E-state index in [0.717, 1.165) is 6.07 Å². The van der Waals surface area contributed by atoms with Crippen molar-refractivity contribution < 1.29 is 23.2 Å². The van der Waals surface area contributed by atoms with E-state index >= 15 is 0 Å². The molecule has 6 nitrogen and oxygen atoms in total. The van der Waals surface area contributed by atoms with Gasteiger partial charge in [-0.15, -0.1) is 0 Å². The van der Waals surface area contributed by atoms with Crippen LogP contribution in [0.3, 0.4) is 0 Å². The van der Waals surface area contributed by atoms with Crippen LogP contribution in [0.4, 0.5) is 14.5 Å². The van der Waals surface area contributed by atoms with Crippen molar-refractivity contribution in [2.45, 2.75) is 26.3 Å². The first kappa shape index (κ1) is 17.0. The maximum Gasteiger partial charge on any atom is 0.305 e. The van der Waals surface area contributed by atoms with Gasteiger partial charge in [-0.1, -0.05) is 0 Å². The van der Waals surface area contributed by atoms with E-state index in [-0.39, 0.29) is 24.5 Å². The molecule has 1 rings (SSSR count). The molecule has 0 unspecified atom stereocenters. The molecule has 0 heterocycles. The van der Waals surface area contributed by atoms with Gasteiger partial charge in [-0.05, 0) is 19.9 Å². The molecule has 0 atom stereocenters. The van der Waals surface area contributed by atoms with Crippen molar-refractivity contribution in [3.05, 3.63) is 39.4 Å². The SMILES string of the molecule is CCOC(=O)CCCNCc1cc([N+](=O)[O-])c(F)cc1F. The zero-order chi connectivity index (χ0) is 15.8. The third-order valence-corrected chi connectivity index (χ3v) is 2.67. The summed E-state index contributed by atoms with van der Waals surface area (Å²) in [6.07, 6.45) is 0.719. The van der Waals surface area contributed by atoms with E-state index in [0.29, 0.717) is 25.6 Å². The van der Waals surface area contributed by atoms with Crippen molar-refractivity contribution in [3.63, 3.8) is 0 Å². The molecule has 0 bridgehead atoms. The lowest BCUT2D eigenvalue weighted by molar-refractivity contribution is -0.387. The molecule has 1 aromatic carbocycles. The van der Waals surface area contributed by atoms with Crippen molar-refractivity contribution in [2.24, 2.45) is 0 Å². The highest BCUT2D eigenvalue weighted by molar-refractivity contribution is 5.69. The van der Waals surface area contributed by atoms with Crippen molar-refractivity contribution in [2.75, 3.05) is 13.2 Å². The molecular formula is C13H16F2N2O4. The molecule has 8 heteroatoms. The third kappa shape index (κ3) is 5.42. The van der Waals surface area contributed by atoms with Crippen LogP contribution in [0.1, 0.15) is 25.3 Å². The number of carbonyl (C=O) groups is 1. The molecule has 0 aliphatic heterocycles. The molecule has 0 aliphatic carbocycles. The minimum Gasteiger partial charge on any atom is -0.466 e.